The number of rotatable bonds is 4. The van der Waals surface area contributed by atoms with Crippen LogP contribution in [0.1, 0.15) is 24.3 Å². The highest BCUT2D eigenvalue weighted by atomic mass is 16.5. The predicted molar refractivity (Wildman–Crippen MR) is 91.6 cm³/mol. The second kappa shape index (κ2) is 7.79. The Labute approximate surface area is 136 Å². The van der Waals surface area contributed by atoms with Gasteiger partial charge in [0.15, 0.2) is 0 Å². The van der Waals surface area contributed by atoms with Gasteiger partial charge in [-0.05, 0) is 43.0 Å². The minimum atomic E-state index is -0.403. The maximum Gasteiger partial charge on any atom is 0.411 e. The van der Waals surface area contributed by atoms with Gasteiger partial charge in [-0.3, -0.25) is 5.32 Å². The largest absolute Gasteiger partial charge is 0.448 e. The standard InChI is InChI=1S/C19H22N2O2/c22-19(21-17-9-5-2-6-10-17)23-14-18-13-16(11-12-20-18)15-7-3-1-4-8-15/h1-10,16,18,20H,11-14H2,(H,21,22)/t16-,18+/m1/s1. The molecule has 0 bridgehead atoms. The van der Waals surface area contributed by atoms with Crippen molar-refractivity contribution in [1.29, 1.82) is 0 Å². The summed E-state index contributed by atoms with van der Waals surface area (Å²) in [5.74, 6) is 0.531. The van der Waals surface area contributed by atoms with Crippen molar-refractivity contribution in [2.45, 2.75) is 24.8 Å². The first-order valence-electron chi connectivity index (χ1n) is 8.08. The second-order valence-electron chi connectivity index (χ2n) is 5.87. The van der Waals surface area contributed by atoms with Gasteiger partial charge >= 0.3 is 6.09 Å². The van der Waals surface area contributed by atoms with Gasteiger partial charge in [-0.1, -0.05) is 48.5 Å². The van der Waals surface area contributed by atoms with Gasteiger partial charge in [0, 0.05) is 11.7 Å². The van der Waals surface area contributed by atoms with E-state index in [9.17, 15) is 4.79 Å². The van der Waals surface area contributed by atoms with E-state index in [1.807, 2.05) is 36.4 Å². The summed E-state index contributed by atoms with van der Waals surface area (Å²) in [5.41, 5.74) is 2.11. The highest BCUT2D eigenvalue weighted by Crippen LogP contribution is 2.27. The molecular weight excluding hydrogens is 288 g/mol. The molecule has 4 nitrogen and oxygen atoms in total. The van der Waals surface area contributed by atoms with Crippen LogP contribution in [0.3, 0.4) is 0 Å². The molecule has 1 aliphatic rings. The van der Waals surface area contributed by atoms with Crippen molar-refractivity contribution in [3.8, 4) is 0 Å². The third-order valence-corrected chi connectivity index (χ3v) is 4.20. The first-order valence-corrected chi connectivity index (χ1v) is 8.08. The zero-order valence-corrected chi connectivity index (χ0v) is 13.1. The Morgan fingerprint density at radius 3 is 2.52 bits per heavy atom. The van der Waals surface area contributed by atoms with E-state index in [4.69, 9.17) is 4.74 Å². The Kier molecular flexibility index (Phi) is 5.27. The van der Waals surface area contributed by atoms with Gasteiger partial charge in [0.05, 0.1) is 0 Å². The van der Waals surface area contributed by atoms with E-state index in [-0.39, 0.29) is 6.04 Å². The molecule has 1 amide bonds. The van der Waals surface area contributed by atoms with Crippen LogP contribution in [0.5, 0.6) is 0 Å². The van der Waals surface area contributed by atoms with Crippen molar-refractivity contribution in [2.75, 3.05) is 18.5 Å². The fraction of sp³-hybridized carbons (Fsp3) is 0.316. The van der Waals surface area contributed by atoms with Gasteiger partial charge in [0.25, 0.3) is 0 Å². The molecule has 0 aromatic heterocycles. The molecule has 1 aliphatic heterocycles. The second-order valence-corrected chi connectivity index (χ2v) is 5.87. The number of ether oxygens (including phenoxy) is 1. The molecule has 0 spiro atoms. The predicted octanol–water partition coefficient (Wildman–Crippen LogP) is 3.77. The number of hydrogen-bond donors (Lipinski definition) is 2. The summed E-state index contributed by atoms with van der Waals surface area (Å²) in [6.07, 6.45) is 1.71. The Bertz CT molecular complexity index is 616. The van der Waals surface area contributed by atoms with Gasteiger partial charge in [-0.15, -0.1) is 0 Å². The number of hydrogen-bond acceptors (Lipinski definition) is 3. The number of piperidine rings is 1. The molecule has 4 heteroatoms. The maximum absolute atomic E-state index is 11.8. The zero-order valence-electron chi connectivity index (χ0n) is 13.1. The number of carbonyl (C=O) groups is 1. The summed E-state index contributed by atoms with van der Waals surface area (Å²) in [6.45, 7) is 1.34. The van der Waals surface area contributed by atoms with E-state index < -0.39 is 6.09 Å². The van der Waals surface area contributed by atoms with E-state index in [0.717, 1.165) is 25.1 Å². The number of para-hydroxylation sites is 1. The van der Waals surface area contributed by atoms with Crippen LogP contribution in [-0.2, 0) is 4.74 Å². The van der Waals surface area contributed by atoms with Gasteiger partial charge in [-0.25, -0.2) is 4.79 Å². The normalized spacial score (nSPS) is 20.7. The lowest BCUT2D eigenvalue weighted by molar-refractivity contribution is 0.139. The Morgan fingerprint density at radius 2 is 1.78 bits per heavy atom. The zero-order chi connectivity index (χ0) is 15.9. The van der Waals surface area contributed by atoms with E-state index >= 15 is 0 Å². The SMILES string of the molecule is O=C(Nc1ccccc1)OC[C@@H]1C[C@H](c2ccccc2)CCN1. The molecule has 1 saturated heterocycles. The smallest absolute Gasteiger partial charge is 0.411 e. The first kappa shape index (κ1) is 15.6. The first-order chi connectivity index (χ1) is 11.3. The molecule has 2 N–H and O–H groups in total. The molecule has 3 rings (SSSR count). The Morgan fingerprint density at radius 1 is 1.09 bits per heavy atom. The lowest BCUT2D eigenvalue weighted by atomic mass is 9.87. The number of anilines is 1. The van der Waals surface area contributed by atoms with Gasteiger partial charge < -0.3 is 10.1 Å². The average Bonchev–Trinajstić information content (AvgIpc) is 2.62. The van der Waals surface area contributed by atoms with E-state index in [1.165, 1.54) is 5.56 Å². The van der Waals surface area contributed by atoms with E-state index in [0.29, 0.717) is 12.5 Å². The van der Waals surface area contributed by atoms with Crippen LogP contribution >= 0.6 is 0 Å². The summed E-state index contributed by atoms with van der Waals surface area (Å²) >= 11 is 0. The van der Waals surface area contributed by atoms with Crippen molar-refractivity contribution >= 4 is 11.8 Å². The van der Waals surface area contributed by atoms with E-state index in [2.05, 4.69) is 34.9 Å². The molecule has 23 heavy (non-hydrogen) atoms. The topological polar surface area (TPSA) is 50.4 Å². The summed E-state index contributed by atoms with van der Waals surface area (Å²) < 4.78 is 5.36. The summed E-state index contributed by atoms with van der Waals surface area (Å²) in [5, 5.41) is 6.17. The van der Waals surface area contributed by atoms with Crippen molar-refractivity contribution in [3.63, 3.8) is 0 Å². The molecule has 0 aliphatic carbocycles. The van der Waals surface area contributed by atoms with Crippen LogP contribution in [0, 0.1) is 0 Å². The number of carbonyl (C=O) groups excluding carboxylic acids is 1. The molecule has 1 heterocycles. The number of benzene rings is 2. The van der Waals surface area contributed by atoms with Gasteiger partial charge in [0.1, 0.15) is 6.61 Å². The maximum atomic E-state index is 11.8. The Hall–Kier alpha value is -2.33. The highest BCUT2D eigenvalue weighted by Gasteiger charge is 2.23. The van der Waals surface area contributed by atoms with Crippen LogP contribution in [0.25, 0.3) is 0 Å². The summed E-state index contributed by atoms with van der Waals surface area (Å²) in [6, 6.07) is 20.1. The van der Waals surface area contributed by atoms with Gasteiger partial charge in [0.2, 0.25) is 0 Å². The quantitative estimate of drug-likeness (QED) is 0.904. The minimum Gasteiger partial charge on any atom is -0.448 e. The fourth-order valence-electron chi connectivity index (χ4n) is 3.01. The molecule has 2 aromatic rings. The van der Waals surface area contributed by atoms with Crippen LogP contribution < -0.4 is 10.6 Å². The number of amides is 1. The van der Waals surface area contributed by atoms with Crippen molar-refractivity contribution in [1.82, 2.24) is 5.32 Å². The van der Waals surface area contributed by atoms with E-state index in [1.54, 1.807) is 0 Å². The average molecular weight is 310 g/mol. The van der Waals surface area contributed by atoms with Crippen LogP contribution in [0.4, 0.5) is 10.5 Å². The number of nitrogens with one attached hydrogen (secondary N) is 2. The van der Waals surface area contributed by atoms with Crippen molar-refractivity contribution in [2.24, 2.45) is 0 Å². The Balaban J connectivity index is 1.47. The molecule has 2 atom stereocenters. The third kappa shape index (κ3) is 4.57. The third-order valence-electron chi connectivity index (χ3n) is 4.20. The highest BCUT2D eigenvalue weighted by molar-refractivity contribution is 5.84. The lowest BCUT2D eigenvalue weighted by Gasteiger charge is -2.30. The summed E-state index contributed by atoms with van der Waals surface area (Å²) in [4.78, 5) is 11.8. The molecule has 0 saturated carbocycles. The molecular formula is C19H22N2O2. The molecule has 0 radical (unpaired) electrons. The molecule has 120 valence electrons. The lowest BCUT2D eigenvalue weighted by Crippen LogP contribution is -2.41. The van der Waals surface area contributed by atoms with Gasteiger partial charge in [-0.2, -0.15) is 0 Å². The minimum absolute atomic E-state index is 0.204. The summed E-state index contributed by atoms with van der Waals surface area (Å²) in [7, 11) is 0. The molecule has 2 aromatic carbocycles. The van der Waals surface area contributed by atoms with Crippen LogP contribution in [0.2, 0.25) is 0 Å². The van der Waals surface area contributed by atoms with Crippen LogP contribution in [-0.4, -0.2) is 25.3 Å². The van der Waals surface area contributed by atoms with Crippen molar-refractivity contribution in [3.05, 3.63) is 66.2 Å². The fourth-order valence-corrected chi connectivity index (χ4v) is 3.01. The molecule has 0 unspecified atom stereocenters. The van der Waals surface area contributed by atoms with Crippen LogP contribution in [0.15, 0.2) is 60.7 Å². The van der Waals surface area contributed by atoms with Crippen molar-refractivity contribution < 1.29 is 9.53 Å². The molecule has 1 fully saturated rings. The monoisotopic (exact) mass is 310 g/mol.